The molecule has 27 heteroatoms. The molecule has 0 unspecified atom stereocenters. The molecule has 0 saturated carbocycles. The van der Waals surface area contributed by atoms with E-state index in [-0.39, 0.29) is 43.6 Å². The number of rotatable bonds is 22. The number of anilines is 6. The molecule has 0 aliphatic heterocycles. The number of azo groups is 2. The van der Waals surface area contributed by atoms with E-state index in [0.29, 0.717) is 44.8 Å². The van der Waals surface area contributed by atoms with Crippen molar-refractivity contribution >= 4 is 134 Å². The molecule has 3 N–H and O–H groups in total. The van der Waals surface area contributed by atoms with Crippen LogP contribution in [-0.4, -0.2) is 81.2 Å². The Morgan fingerprint density at radius 3 is 1.58 bits per heavy atom. The summed E-state index contributed by atoms with van der Waals surface area (Å²) in [5.74, 6) is 1.46. The van der Waals surface area contributed by atoms with E-state index in [0.717, 1.165) is 66.2 Å². The van der Waals surface area contributed by atoms with Crippen molar-refractivity contribution in [1.29, 1.82) is 0 Å². The van der Waals surface area contributed by atoms with Crippen molar-refractivity contribution in [3.8, 4) is 22.8 Å². The molecule has 0 fully saturated rings. The zero-order chi connectivity index (χ0) is 51.5. The Labute approximate surface area is 447 Å². The fraction of sp³-hybridized carbons (Fsp3) is 0.196. The lowest BCUT2D eigenvalue weighted by Gasteiger charge is -2.22. The lowest BCUT2D eigenvalue weighted by Crippen LogP contribution is -2.21. The van der Waals surface area contributed by atoms with E-state index >= 15 is 0 Å². The van der Waals surface area contributed by atoms with Crippen LogP contribution < -0.4 is 20.4 Å². The number of hydrogen-bond donors (Lipinski definition) is 3. The monoisotopic (exact) mass is 1190 g/mol. The smallest absolute Gasteiger partial charge is 0.306 e. The zero-order valence-electron chi connectivity index (χ0n) is 39.2. The molecule has 8 rings (SSSR count). The SMILES string of the molecule is CCN(CC)c1ccc(/N=N/c2nc(-c3cccc(S(=O)(=O)O)c3)ns2)c(Nc2nc(Nc3cc(N(CC)CC)ccc3/N=N/c3nc(-c4cccc(S(=O)(=O)OI)c4)ns3)nc(SCc3ccccc3)n2)c1. The first-order valence-electron chi connectivity index (χ1n) is 22.2. The van der Waals surface area contributed by atoms with Gasteiger partial charge >= 0.3 is 10.1 Å². The summed E-state index contributed by atoms with van der Waals surface area (Å²) in [7, 11) is -8.39. The van der Waals surface area contributed by atoms with Gasteiger partial charge in [0.25, 0.3) is 10.1 Å². The van der Waals surface area contributed by atoms with Crippen molar-refractivity contribution in [2.24, 2.45) is 20.5 Å². The van der Waals surface area contributed by atoms with Crippen LogP contribution in [0.5, 0.6) is 0 Å². The maximum Gasteiger partial charge on any atom is 0.306 e. The first-order valence-corrected chi connectivity index (χ1v) is 28.5. The molecular weight excluding hydrogens is 1150 g/mol. The largest absolute Gasteiger partial charge is 0.372 e. The number of thioether (sulfide) groups is 1. The van der Waals surface area contributed by atoms with Crippen molar-refractivity contribution in [2.45, 2.75) is 48.4 Å². The summed E-state index contributed by atoms with van der Waals surface area (Å²) in [6.45, 7) is 11.2. The highest BCUT2D eigenvalue weighted by atomic mass is 127. The summed E-state index contributed by atoms with van der Waals surface area (Å²) in [6, 6.07) is 33.2. The van der Waals surface area contributed by atoms with Crippen molar-refractivity contribution < 1.29 is 23.9 Å². The van der Waals surface area contributed by atoms with E-state index in [9.17, 15) is 21.4 Å². The summed E-state index contributed by atoms with van der Waals surface area (Å²) in [4.78, 5) is 27.6. The van der Waals surface area contributed by atoms with Gasteiger partial charge in [-0.3, -0.25) is 4.55 Å². The van der Waals surface area contributed by atoms with Crippen molar-refractivity contribution in [3.63, 3.8) is 0 Å². The highest BCUT2D eigenvalue weighted by Crippen LogP contribution is 2.37. The quantitative estimate of drug-likeness (QED) is 0.0246. The Bertz CT molecular complexity index is 3510. The minimum absolute atomic E-state index is 0.0365. The molecule has 0 bridgehead atoms. The first kappa shape index (κ1) is 52.8. The van der Waals surface area contributed by atoms with Gasteiger partial charge in [0.15, 0.2) is 16.8 Å². The van der Waals surface area contributed by atoms with Gasteiger partial charge < -0.3 is 20.4 Å². The standard InChI is InChI=1S/C46H44IN15O6S5/c1-5-61(6-2)32-20-22-36(55-57-45-50-40(59-70-45)30-16-12-18-34(24-30)72(63,64)65)38(26-32)48-42-52-43(54-44(53-42)69-28-29-14-10-9-11-15-29)49-39-27-33(62(7-3)8-4)21-23-37(39)56-58-46-51-41(60-71-46)31-17-13-19-35(25-31)73(66,67)68-47/h9-27H,5-8,28H2,1-4H3,(H,63,64,65)(H2,48,49,52,53,54)/b57-55+,58-56+. The van der Waals surface area contributed by atoms with Crippen LogP contribution >= 0.6 is 57.8 Å². The summed E-state index contributed by atoms with van der Waals surface area (Å²) < 4.78 is 71.3. The van der Waals surface area contributed by atoms with Crippen molar-refractivity contribution in [2.75, 3.05) is 46.6 Å². The van der Waals surface area contributed by atoms with Crippen LogP contribution in [-0.2, 0) is 28.5 Å². The lowest BCUT2D eigenvalue weighted by atomic mass is 10.2. The normalized spacial score (nSPS) is 11.9. The molecule has 0 radical (unpaired) electrons. The number of benzene rings is 5. The van der Waals surface area contributed by atoms with Crippen LogP contribution in [0.4, 0.5) is 56.3 Å². The van der Waals surface area contributed by atoms with E-state index < -0.39 is 20.2 Å². The molecule has 3 heterocycles. The Kier molecular flexibility index (Phi) is 17.4. The average molecular weight is 1190 g/mol. The number of nitrogens with zero attached hydrogens (tertiary/aromatic N) is 13. The molecule has 0 spiro atoms. The molecule has 5 aromatic carbocycles. The third kappa shape index (κ3) is 13.6. The molecule has 0 aliphatic rings. The molecule has 376 valence electrons. The van der Waals surface area contributed by atoms with Crippen LogP contribution in [0.25, 0.3) is 22.8 Å². The molecular formula is C46H44IN15O6S5. The molecule has 0 aliphatic carbocycles. The van der Waals surface area contributed by atoms with Gasteiger partial charge in [-0.25, -0.2) is 0 Å². The summed E-state index contributed by atoms with van der Waals surface area (Å²) in [5, 5.41) is 25.6. The van der Waals surface area contributed by atoms with Crippen LogP contribution in [0.15, 0.2) is 151 Å². The van der Waals surface area contributed by atoms with Gasteiger partial charge in [0.05, 0.1) is 21.2 Å². The number of aromatic nitrogens is 7. The molecule has 3 aromatic heterocycles. The van der Waals surface area contributed by atoms with E-state index in [2.05, 4.69) is 89.8 Å². The number of hydrogen-bond acceptors (Lipinski definition) is 23. The van der Waals surface area contributed by atoms with Crippen LogP contribution in [0.1, 0.15) is 33.3 Å². The molecule has 73 heavy (non-hydrogen) atoms. The maximum absolute atomic E-state index is 12.4. The van der Waals surface area contributed by atoms with E-state index in [1.807, 2.05) is 66.7 Å². The number of halogens is 1. The maximum atomic E-state index is 12.4. The fourth-order valence-electron chi connectivity index (χ4n) is 7.05. The van der Waals surface area contributed by atoms with Gasteiger partial charge in [-0.15, -0.1) is 20.5 Å². The molecule has 0 saturated heterocycles. The Morgan fingerprint density at radius 2 is 1.10 bits per heavy atom. The average Bonchev–Trinajstić information content (AvgIpc) is 4.09. The summed E-state index contributed by atoms with van der Waals surface area (Å²) in [6.07, 6.45) is 0. The van der Waals surface area contributed by atoms with E-state index in [1.54, 1.807) is 18.2 Å². The predicted molar refractivity (Wildman–Crippen MR) is 294 cm³/mol. The van der Waals surface area contributed by atoms with Crippen molar-refractivity contribution in [3.05, 3.63) is 121 Å². The predicted octanol–water partition coefficient (Wildman–Crippen LogP) is 12.5. The van der Waals surface area contributed by atoms with Gasteiger partial charge in [0, 0.05) is 77.5 Å². The van der Waals surface area contributed by atoms with Gasteiger partial charge in [0.2, 0.25) is 22.2 Å². The highest BCUT2D eigenvalue weighted by molar-refractivity contribution is 14.1. The van der Waals surface area contributed by atoms with Crippen LogP contribution in [0.2, 0.25) is 0 Å². The minimum Gasteiger partial charge on any atom is -0.372 e. The third-order valence-corrected chi connectivity index (χ3v) is 16.1. The summed E-state index contributed by atoms with van der Waals surface area (Å²) in [5.41, 5.74) is 5.66. The first-order chi connectivity index (χ1) is 35.2. The number of nitrogens with one attached hydrogen (secondary N) is 2. The lowest BCUT2D eigenvalue weighted by molar-refractivity contribution is 0.483. The fourth-order valence-corrected chi connectivity index (χ4v) is 10.6. The topological polar surface area (TPSA) is 268 Å². The van der Waals surface area contributed by atoms with Gasteiger partial charge in [0.1, 0.15) is 34.4 Å². The highest BCUT2D eigenvalue weighted by Gasteiger charge is 2.19. The zero-order valence-corrected chi connectivity index (χ0v) is 45.5. The molecule has 0 amide bonds. The van der Waals surface area contributed by atoms with E-state index in [4.69, 9.17) is 15.0 Å². The molecule has 8 aromatic rings. The summed E-state index contributed by atoms with van der Waals surface area (Å²) >= 11 is 4.73. The van der Waals surface area contributed by atoms with Gasteiger partial charge in [-0.05, 0) is 93.9 Å². The second-order valence-electron chi connectivity index (χ2n) is 15.3. The Balaban J connectivity index is 1.14. The molecule has 21 nitrogen and oxygen atoms in total. The molecule has 0 atom stereocenters. The second-order valence-corrected chi connectivity index (χ2v) is 21.7. The van der Waals surface area contributed by atoms with Crippen LogP contribution in [0, 0.1) is 0 Å². The van der Waals surface area contributed by atoms with Crippen LogP contribution in [0.3, 0.4) is 0 Å². The Hall–Kier alpha value is -6.47. The second kappa shape index (κ2) is 24.0. The van der Waals surface area contributed by atoms with Gasteiger partial charge in [-0.2, -0.15) is 53.0 Å². The van der Waals surface area contributed by atoms with Crippen molar-refractivity contribution in [1.82, 2.24) is 33.7 Å². The Morgan fingerprint density at radius 1 is 0.603 bits per heavy atom. The third-order valence-electron chi connectivity index (χ3n) is 10.7. The van der Waals surface area contributed by atoms with E-state index in [1.165, 1.54) is 65.1 Å². The minimum atomic E-state index is -4.44. The van der Waals surface area contributed by atoms with Gasteiger partial charge in [-0.1, -0.05) is 66.4 Å².